The van der Waals surface area contributed by atoms with Gasteiger partial charge in [0.05, 0.1) is 24.5 Å². The van der Waals surface area contributed by atoms with Crippen molar-refractivity contribution >= 4 is 22.9 Å². The highest BCUT2D eigenvalue weighted by Crippen LogP contribution is 2.43. The van der Waals surface area contributed by atoms with E-state index in [0.717, 1.165) is 44.8 Å². The lowest BCUT2D eigenvalue weighted by Gasteiger charge is -2.33. The number of aryl methyl sites for hydroxylation is 1. The molecular weight excluding hydrogens is 495 g/mol. The number of furan rings is 1. The smallest absolute Gasteiger partial charge is 0.346 e. The van der Waals surface area contributed by atoms with Gasteiger partial charge in [0, 0.05) is 35.1 Å². The van der Waals surface area contributed by atoms with Gasteiger partial charge < -0.3 is 24.5 Å². The van der Waals surface area contributed by atoms with Gasteiger partial charge in [-0.05, 0) is 86.4 Å². The highest BCUT2D eigenvalue weighted by atomic mass is 19.1. The van der Waals surface area contributed by atoms with Gasteiger partial charge >= 0.3 is 5.97 Å². The van der Waals surface area contributed by atoms with Gasteiger partial charge in [-0.2, -0.15) is 0 Å². The maximum absolute atomic E-state index is 14.0. The summed E-state index contributed by atoms with van der Waals surface area (Å²) >= 11 is 0. The molecule has 0 aliphatic carbocycles. The lowest BCUT2D eigenvalue weighted by molar-refractivity contribution is 0.0733. The summed E-state index contributed by atoms with van der Waals surface area (Å²) in [6.07, 6.45) is 4.97. The molecule has 0 fully saturated rings. The van der Waals surface area contributed by atoms with Gasteiger partial charge in [0.2, 0.25) is 0 Å². The normalized spacial score (nSPS) is 13.6. The average molecular weight is 527 g/mol. The van der Waals surface area contributed by atoms with Crippen LogP contribution in [-0.4, -0.2) is 18.6 Å². The summed E-state index contributed by atoms with van der Waals surface area (Å²) in [4.78, 5) is 12.4. The van der Waals surface area contributed by atoms with E-state index >= 15 is 0 Å². The second-order valence-electron chi connectivity index (χ2n) is 10.3. The molecule has 0 radical (unpaired) electrons. The Kier molecular flexibility index (Phi) is 6.91. The Morgan fingerprint density at radius 3 is 2.59 bits per heavy atom. The first kappa shape index (κ1) is 26.1. The fraction of sp³-hybridized carbons (Fsp3) is 0.219. The number of rotatable bonds is 7. The Bertz CT molecular complexity index is 1570. The average Bonchev–Trinajstić information content (AvgIpc) is 3.43. The van der Waals surface area contributed by atoms with Gasteiger partial charge in [0.25, 0.3) is 0 Å². The van der Waals surface area contributed by atoms with Crippen molar-refractivity contribution in [3.8, 4) is 22.6 Å². The number of hydrogen-bond donors (Lipinski definition) is 2. The largest absolute Gasteiger partial charge is 0.496 e. The summed E-state index contributed by atoms with van der Waals surface area (Å²) < 4.78 is 30.3. The van der Waals surface area contributed by atoms with E-state index in [0.29, 0.717) is 23.6 Å². The molecule has 1 aromatic heterocycles. The van der Waals surface area contributed by atoms with Gasteiger partial charge in [0.15, 0.2) is 0 Å². The minimum Gasteiger partial charge on any atom is -0.496 e. The van der Waals surface area contributed by atoms with Crippen LogP contribution in [0.5, 0.6) is 11.5 Å². The molecule has 39 heavy (non-hydrogen) atoms. The van der Waals surface area contributed by atoms with E-state index in [1.807, 2.05) is 13.0 Å². The molecule has 0 bridgehead atoms. The van der Waals surface area contributed by atoms with Crippen molar-refractivity contribution in [1.29, 1.82) is 0 Å². The Balaban J connectivity index is 1.57. The number of esters is 1. The van der Waals surface area contributed by atoms with Crippen LogP contribution < -0.4 is 20.1 Å². The summed E-state index contributed by atoms with van der Waals surface area (Å²) in [6, 6.07) is 15.7. The van der Waals surface area contributed by atoms with E-state index in [1.54, 1.807) is 31.4 Å². The molecule has 1 aliphatic rings. The van der Waals surface area contributed by atoms with Crippen molar-refractivity contribution in [3.05, 3.63) is 101 Å². The molecule has 0 amide bonds. The molecule has 2 N–H and O–H groups in total. The van der Waals surface area contributed by atoms with Gasteiger partial charge in [-0.1, -0.05) is 18.2 Å². The van der Waals surface area contributed by atoms with Crippen LogP contribution in [0.2, 0.25) is 0 Å². The van der Waals surface area contributed by atoms with Crippen LogP contribution in [-0.2, 0) is 6.54 Å². The highest BCUT2D eigenvalue weighted by molar-refractivity contribution is 5.91. The quantitative estimate of drug-likeness (QED) is 0.189. The van der Waals surface area contributed by atoms with Crippen molar-refractivity contribution in [3.63, 3.8) is 0 Å². The first-order valence-corrected chi connectivity index (χ1v) is 12.7. The van der Waals surface area contributed by atoms with E-state index in [4.69, 9.17) is 13.9 Å². The number of benzene rings is 3. The van der Waals surface area contributed by atoms with Crippen molar-refractivity contribution < 1.29 is 23.1 Å². The van der Waals surface area contributed by atoms with Crippen LogP contribution in [0.15, 0.2) is 77.6 Å². The Morgan fingerprint density at radius 1 is 1.05 bits per heavy atom. The molecule has 0 saturated carbocycles. The monoisotopic (exact) mass is 526 g/mol. The third kappa shape index (κ3) is 5.39. The standard InChI is InChI=1S/C32H31FN2O4/c1-19-6-7-22(33)14-28(19)34-17-26-24(10-11-27-30(26)20(2)16-32(3,4)35-27)25-9-8-23(15-29(25)37-5)39-31(36)21-12-13-38-18-21/h6-16,18,34-35H,17H2,1-5H3. The summed E-state index contributed by atoms with van der Waals surface area (Å²) in [7, 11) is 1.59. The van der Waals surface area contributed by atoms with Crippen LogP contribution in [0.1, 0.15) is 47.8 Å². The van der Waals surface area contributed by atoms with Crippen LogP contribution in [0, 0.1) is 12.7 Å². The van der Waals surface area contributed by atoms with Crippen LogP contribution >= 0.6 is 0 Å². The van der Waals surface area contributed by atoms with E-state index < -0.39 is 5.97 Å². The summed E-state index contributed by atoms with van der Waals surface area (Å²) in [6.45, 7) is 8.78. The number of fused-ring (bicyclic) bond motifs is 1. The molecule has 0 spiro atoms. The number of methoxy groups -OCH3 is 1. The molecule has 200 valence electrons. The number of halogens is 1. The van der Waals surface area contributed by atoms with Crippen molar-refractivity contribution in [2.45, 2.75) is 39.8 Å². The van der Waals surface area contributed by atoms with E-state index in [1.165, 1.54) is 24.7 Å². The van der Waals surface area contributed by atoms with E-state index in [9.17, 15) is 9.18 Å². The molecule has 3 aromatic carbocycles. The van der Waals surface area contributed by atoms with E-state index in [-0.39, 0.29) is 11.4 Å². The summed E-state index contributed by atoms with van der Waals surface area (Å²) in [5.41, 5.74) is 7.91. The Labute approximate surface area is 227 Å². The van der Waals surface area contributed by atoms with E-state index in [2.05, 4.69) is 49.6 Å². The number of nitrogens with one attached hydrogen (secondary N) is 2. The van der Waals surface area contributed by atoms with Gasteiger partial charge in [-0.25, -0.2) is 9.18 Å². The number of carbonyl (C=O) groups excluding carboxylic acids is 1. The molecule has 1 aliphatic heterocycles. The molecule has 0 unspecified atom stereocenters. The second kappa shape index (κ2) is 10.3. The van der Waals surface area contributed by atoms with Gasteiger partial charge in [-0.15, -0.1) is 0 Å². The van der Waals surface area contributed by atoms with Crippen LogP contribution in [0.3, 0.4) is 0 Å². The number of allylic oxidation sites excluding steroid dienone is 1. The molecular formula is C32H31FN2O4. The molecule has 4 aromatic rings. The molecule has 6 nitrogen and oxygen atoms in total. The first-order chi connectivity index (χ1) is 18.6. The van der Waals surface area contributed by atoms with Gasteiger partial charge in [0.1, 0.15) is 23.6 Å². The highest BCUT2D eigenvalue weighted by Gasteiger charge is 2.27. The summed E-state index contributed by atoms with van der Waals surface area (Å²) in [5, 5.41) is 7.06. The fourth-order valence-electron chi connectivity index (χ4n) is 5.11. The van der Waals surface area contributed by atoms with Gasteiger partial charge in [-0.3, -0.25) is 0 Å². The number of hydrogen-bond acceptors (Lipinski definition) is 6. The third-order valence-electron chi connectivity index (χ3n) is 6.83. The predicted octanol–water partition coefficient (Wildman–Crippen LogP) is 7.84. The minimum absolute atomic E-state index is 0.194. The van der Waals surface area contributed by atoms with Crippen molar-refractivity contribution in [2.24, 2.45) is 0 Å². The van der Waals surface area contributed by atoms with Crippen LogP contribution in [0.4, 0.5) is 15.8 Å². The topological polar surface area (TPSA) is 72.7 Å². The molecule has 2 heterocycles. The number of ether oxygens (including phenoxy) is 2. The van der Waals surface area contributed by atoms with Crippen molar-refractivity contribution in [2.75, 3.05) is 17.7 Å². The Hall–Kier alpha value is -4.52. The molecule has 7 heteroatoms. The van der Waals surface area contributed by atoms with Crippen molar-refractivity contribution in [1.82, 2.24) is 0 Å². The zero-order valence-electron chi connectivity index (χ0n) is 22.6. The first-order valence-electron chi connectivity index (χ1n) is 12.7. The maximum atomic E-state index is 14.0. The fourth-order valence-corrected chi connectivity index (χ4v) is 5.11. The lowest BCUT2D eigenvalue weighted by atomic mass is 9.85. The lowest BCUT2D eigenvalue weighted by Crippen LogP contribution is -2.32. The minimum atomic E-state index is -0.517. The zero-order chi connectivity index (χ0) is 27.7. The molecule has 5 rings (SSSR count). The maximum Gasteiger partial charge on any atom is 0.346 e. The Morgan fingerprint density at radius 2 is 1.85 bits per heavy atom. The third-order valence-corrected chi connectivity index (χ3v) is 6.83. The molecule has 0 saturated heterocycles. The summed E-state index contributed by atoms with van der Waals surface area (Å²) in [5.74, 6) is 0.105. The predicted molar refractivity (Wildman–Crippen MR) is 152 cm³/mol. The molecule has 0 atom stereocenters. The second-order valence-corrected chi connectivity index (χ2v) is 10.3. The SMILES string of the molecule is COc1cc(OC(=O)c2ccoc2)ccc1-c1ccc2c(c1CNc1cc(F)ccc1C)C(C)=CC(C)(C)N2. The number of carbonyl (C=O) groups is 1. The number of anilines is 2. The zero-order valence-corrected chi connectivity index (χ0v) is 22.6. The van der Waals surface area contributed by atoms with Crippen LogP contribution in [0.25, 0.3) is 16.7 Å².